The van der Waals surface area contributed by atoms with Crippen molar-refractivity contribution in [3.63, 3.8) is 0 Å². The highest BCUT2D eigenvalue weighted by atomic mass is 35.5. The van der Waals surface area contributed by atoms with Crippen LogP contribution in [0.4, 0.5) is 11.4 Å². The number of carboxylic acids is 1. The third-order valence-corrected chi connectivity index (χ3v) is 6.10. The predicted molar refractivity (Wildman–Crippen MR) is 104 cm³/mol. The van der Waals surface area contributed by atoms with E-state index in [-0.39, 0.29) is 31.6 Å². The molecule has 0 unspecified atom stereocenters. The third-order valence-electron chi connectivity index (χ3n) is 3.30. The van der Waals surface area contributed by atoms with Crippen LogP contribution in [0.5, 0.6) is 0 Å². The van der Waals surface area contributed by atoms with Gasteiger partial charge in [-0.3, -0.25) is 13.9 Å². The summed E-state index contributed by atoms with van der Waals surface area (Å²) in [5.74, 6) is -1.71. The van der Waals surface area contributed by atoms with Crippen LogP contribution in [0.15, 0.2) is 41.3 Å². The van der Waals surface area contributed by atoms with Crippen LogP contribution in [0.3, 0.4) is 0 Å². The lowest BCUT2D eigenvalue weighted by Gasteiger charge is -2.24. The Bertz CT molecular complexity index is 994. The Balaban J connectivity index is 2.54. The number of carbonyl (C=O) groups is 2. The quantitative estimate of drug-likeness (QED) is 0.649. The predicted octanol–water partition coefficient (Wildman–Crippen LogP) is 3.89. The van der Waals surface area contributed by atoms with Crippen LogP contribution in [-0.2, 0) is 19.6 Å². The van der Waals surface area contributed by atoms with Gasteiger partial charge in [-0.25, -0.2) is 8.42 Å². The molecule has 0 aromatic heterocycles. The van der Waals surface area contributed by atoms with Gasteiger partial charge in [-0.15, -0.1) is 0 Å². The van der Waals surface area contributed by atoms with E-state index in [1.165, 1.54) is 43.3 Å². The second kappa shape index (κ2) is 8.35. The van der Waals surface area contributed by atoms with E-state index in [9.17, 15) is 18.0 Å². The smallest absolute Gasteiger partial charge is 0.324 e. The van der Waals surface area contributed by atoms with Gasteiger partial charge in [0.15, 0.2) is 0 Å². The summed E-state index contributed by atoms with van der Waals surface area (Å²) in [7, 11) is -4.29. The molecular weight excluding hydrogens is 439 g/mol. The highest BCUT2D eigenvalue weighted by molar-refractivity contribution is 7.92. The Kier molecular flexibility index (Phi) is 6.59. The van der Waals surface area contributed by atoms with E-state index in [1.807, 2.05) is 0 Å². The van der Waals surface area contributed by atoms with Crippen LogP contribution in [0, 0.1) is 0 Å². The number of sulfonamides is 1. The first-order chi connectivity index (χ1) is 12.5. The first-order valence-corrected chi connectivity index (χ1v) is 9.86. The van der Waals surface area contributed by atoms with Crippen LogP contribution in [0.2, 0.25) is 15.1 Å². The Labute approximate surface area is 170 Å². The van der Waals surface area contributed by atoms with Crippen molar-refractivity contribution in [3.05, 3.63) is 51.5 Å². The van der Waals surface area contributed by atoms with E-state index < -0.39 is 22.5 Å². The fourth-order valence-corrected chi connectivity index (χ4v) is 4.28. The van der Waals surface area contributed by atoms with E-state index in [0.717, 1.165) is 0 Å². The first-order valence-electron chi connectivity index (χ1n) is 7.29. The van der Waals surface area contributed by atoms with Gasteiger partial charge in [0.05, 0.1) is 25.7 Å². The van der Waals surface area contributed by atoms with Crippen LogP contribution in [-0.4, -0.2) is 31.9 Å². The number of carbonyl (C=O) groups excluding carboxylic acids is 1. The molecule has 2 N–H and O–H groups in total. The molecule has 2 aromatic rings. The molecule has 144 valence electrons. The zero-order chi connectivity index (χ0) is 20.4. The first kappa shape index (κ1) is 21.3. The molecule has 7 nitrogen and oxygen atoms in total. The lowest BCUT2D eigenvalue weighted by molar-refractivity contribution is -0.135. The van der Waals surface area contributed by atoms with Gasteiger partial charge in [0.1, 0.15) is 6.54 Å². The average molecular weight is 452 g/mol. The summed E-state index contributed by atoms with van der Waals surface area (Å²) in [6.45, 7) is 0.430. The number of hydrogen-bond donors (Lipinski definition) is 2. The number of halogens is 3. The van der Waals surface area contributed by atoms with Gasteiger partial charge in [-0.2, -0.15) is 0 Å². The maximum atomic E-state index is 13.0. The van der Waals surface area contributed by atoms with Crippen LogP contribution in [0.25, 0.3) is 0 Å². The molecule has 0 radical (unpaired) electrons. The number of hydrogen-bond acceptors (Lipinski definition) is 4. The average Bonchev–Trinajstić information content (AvgIpc) is 2.56. The number of anilines is 2. The van der Waals surface area contributed by atoms with Crippen LogP contribution < -0.4 is 9.62 Å². The summed E-state index contributed by atoms with van der Waals surface area (Å²) in [5, 5.41) is 11.7. The summed E-state index contributed by atoms with van der Waals surface area (Å²) in [6.07, 6.45) is 0. The SMILES string of the molecule is CC(=O)Nc1ccc(S(=O)(=O)N(CC(=O)O)c2cc(Cl)c(Cl)cc2Cl)cc1. The molecule has 0 saturated carbocycles. The Morgan fingerprint density at radius 1 is 1.04 bits per heavy atom. The van der Waals surface area contributed by atoms with Crippen LogP contribution >= 0.6 is 34.8 Å². The molecule has 0 fully saturated rings. The largest absolute Gasteiger partial charge is 0.480 e. The van der Waals surface area contributed by atoms with Gasteiger partial charge in [-0.1, -0.05) is 34.8 Å². The number of benzene rings is 2. The molecule has 0 bridgehead atoms. The number of carboxylic acid groups (broad SMARTS) is 1. The van der Waals surface area contributed by atoms with E-state index >= 15 is 0 Å². The second-order valence-electron chi connectivity index (χ2n) is 5.33. The summed E-state index contributed by atoms with van der Waals surface area (Å²) >= 11 is 17.8. The second-order valence-corrected chi connectivity index (χ2v) is 8.41. The molecule has 0 spiro atoms. The molecule has 0 aliphatic carbocycles. The zero-order valence-corrected chi connectivity index (χ0v) is 16.8. The Hall–Kier alpha value is -2.00. The zero-order valence-electron chi connectivity index (χ0n) is 13.7. The van der Waals surface area contributed by atoms with E-state index in [1.54, 1.807) is 0 Å². The minimum Gasteiger partial charge on any atom is -0.480 e. The van der Waals surface area contributed by atoms with Gasteiger partial charge in [0, 0.05) is 12.6 Å². The summed E-state index contributed by atoms with van der Waals surface area (Å²) < 4.78 is 26.6. The maximum absolute atomic E-state index is 13.0. The van der Waals surface area contributed by atoms with E-state index in [0.29, 0.717) is 9.99 Å². The highest BCUT2D eigenvalue weighted by Crippen LogP contribution is 2.37. The van der Waals surface area contributed by atoms with Crippen molar-refractivity contribution < 1.29 is 23.1 Å². The molecule has 2 rings (SSSR count). The highest BCUT2D eigenvalue weighted by Gasteiger charge is 2.29. The van der Waals surface area contributed by atoms with Crippen molar-refractivity contribution in [2.45, 2.75) is 11.8 Å². The van der Waals surface area contributed by atoms with Gasteiger partial charge < -0.3 is 10.4 Å². The summed E-state index contributed by atoms with van der Waals surface area (Å²) in [6, 6.07) is 7.64. The molecule has 2 aromatic carbocycles. The Morgan fingerprint density at radius 3 is 2.11 bits per heavy atom. The topological polar surface area (TPSA) is 104 Å². The molecule has 11 heteroatoms. The standard InChI is InChI=1S/C16H13Cl3N2O5S/c1-9(22)20-10-2-4-11(5-3-10)27(25,26)21(8-16(23)24)15-7-13(18)12(17)6-14(15)19/h2-7H,8H2,1H3,(H,20,22)(H,23,24). The molecular formula is C16H13Cl3N2O5S. The molecule has 0 heterocycles. The molecule has 0 saturated heterocycles. The van der Waals surface area contributed by atoms with Crippen molar-refractivity contribution in [3.8, 4) is 0 Å². The van der Waals surface area contributed by atoms with Crippen molar-refractivity contribution in [1.29, 1.82) is 0 Å². The van der Waals surface area contributed by atoms with Gasteiger partial charge in [0.2, 0.25) is 5.91 Å². The summed E-state index contributed by atoms with van der Waals surface area (Å²) in [4.78, 5) is 22.1. The fraction of sp³-hybridized carbons (Fsp3) is 0.125. The minimum atomic E-state index is -4.29. The van der Waals surface area contributed by atoms with Crippen LogP contribution in [0.1, 0.15) is 6.92 Å². The van der Waals surface area contributed by atoms with Gasteiger partial charge >= 0.3 is 5.97 Å². The molecule has 0 aliphatic heterocycles. The lowest BCUT2D eigenvalue weighted by Crippen LogP contribution is -2.36. The monoisotopic (exact) mass is 450 g/mol. The maximum Gasteiger partial charge on any atom is 0.324 e. The van der Waals surface area contributed by atoms with Gasteiger partial charge in [-0.05, 0) is 36.4 Å². The number of amides is 1. The van der Waals surface area contributed by atoms with Crippen molar-refractivity contribution in [2.75, 3.05) is 16.2 Å². The Morgan fingerprint density at radius 2 is 1.59 bits per heavy atom. The number of nitrogens with one attached hydrogen (secondary N) is 1. The molecule has 0 aliphatic rings. The third kappa shape index (κ3) is 5.04. The van der Waals surface area contributed by atoms with Gasteiger partial charge in [0.25, 0.3) is 10.0 Å². The molecule has 27 heavy (non-hydrogen) atoms. The van der Waals surface area contributed by atoms with Crippen molar-refractivity contribution in [2.24, 2.45) is 0 Å². The number of nitrogens with zero attached hydrogens (tertiary/aromatic N) is 1. The lowest BCUT2D eigenvalue weighted by atomic mass is 10.3. The molecule has 1 amide bonds. The van der Waals surface area contributed by atoms with E-state index in [2.05, 4.69) is 5.32 Å². The number of rotatable bonds is 6. The van der Waals surface area contributed by atoms with E-state index in [4.69, 9.17) is 39.9 Å². The minimum absolute atomic E-state index is 0.0164. The normalized spacial score (nSPS) is 11.1. The van der Waals surface area contributed by atoms with Crippen molar-refractivity contribution in [1.82, 2.24) is 0 Å². The fourth-order valence-electron chi connectivity index (χ4n) is 2.17. The number of aliphatic carboxylic acids is 1. The van der Waals surface area contributed by atoms with Crippen molar-refractivity contribution >= 4 is 68.1 Å². The molecule has 0 atom stereocenters. The summed E-state index contributed by atoms with van der Waals surface area (Å²) in [5.41, 5.74) is 0.262.